The molecule has 0 aliphatic heterocycles. The van der Waals surface area contributed by atoms with E-state index in [1.54, 1.807) is 0 Å². The lowest BCUT2D eigenvalue weighted by molar-refractivity contribution is 0.115. The number of likely N-dealkylation sites (N-methyl/N-ethyl adjacent to an activating group) is 1. The lowest BCUT2D eigenvalue weighted by Gasteiger charge is -2.36. The topological polar surface area (TPSA) is 35.5 Å². The molecule has 2 atom stereocenters. The molecule has 2 unspecified atom stereocenters. The molecule has 0 rings (SSSR count). The average molecular weight is 244 g/mol. The van der Waals surface area contributed by atoms with E-state index in [-0.39, 0.29) is 12.1 Å². The Labute approximate surface area is 108 Å². The summed E-state index contributed by atoms with van der Waals surface area (Å²) in [6.45, 7) is 14.4. The Hall–Kier alpha value is -0.120. The number of hydrogen-bond acceptors (Lipinski definition) is 3. The van der Waals surface area contributed by atoms with E-state index in [1.165, 1.54) is 12.8 Å². The molecule has 3 nitrogen and oxygen atoms in total. The van der Waals surface area contributed by atoms with Crippen molar-refractivity contribution in [2.75, 3.05) is 26.2 Å². The molecule has 0 heterocycles. The predicted molar refractivity (Wildman–Crippen MR) is 75.4 cm³/mol. The van der Waals surface area contributed by atoms with Crippen molar-refractivity contribution >= 4 is 0 Å². The third-order valence-electron chi connectivity index (χ3n) is 3.34. The van der Waals surface area contributed by atoms with Gasteiger partial charge in [0.05, 0.1) is 6.61 Å². The third kappa shape index (κ3) is 6.39. The summed E-state index contributed by atoms with van der Waals surface area (Å²) in [5, 5.41) is 12.9. The molecule has 104 valence electrons. The van der Waals surface area contributed by atoms with Gasteiger partial charge in [0, 0.05) is 11.6 Å². The molecule has 0 aromatic rings. The van der Waals surface area contributed by atoms with Crippen LogP contribution in [0.2, 0.25) is 0 Å². The van der Waals surface area contributed by atoms with E-state index in [0.717, 1.165) is 26.1 Å². The van der Waals surface area contributed by atoms with Gasteiger partial charge in [-0.3, -0.25) is 0 Å². The minimum Gasteiger partial charge on any atom is -0.394 e. The van der Waals surface area contributed by atoms with Gasteiger partial charge in [0.25, 0.3) is 0 Å². The first-order valence-corrected chi connectivity index (χ1v) is 7.12. The molecule has 0 aromatic carbocycles. The second-order valence-corrected chi connectivity index (χ2v) is 5.34. The van der Waals surface area contributed by atoms with E-state index in [9.17, 15) is 5.11 Å². The summed E-state index contributed by atoms with van der Waals surface area (Å²) in [5.74, 6) is 0. The van der Waals surface area contributed by atoms with Crippen LogP contribution >= 0.6 is 0 Å². The maximum absolute atomic E-state index is 9.53. The molecule has 3 heteroatoms. The van der Waals surface area contributed by atoms with E-state index in [2.05, 4.69) is 44.8 Å². The van der Waals surface area contributed by atoms with E-state index < -0.39 is 0 Å². The monoisotopic (exact) mass is 244 g/mol. The molecular weight excluding hydrogens is 212 g/mol. The number of hydrogen-bond donors (Lipinski definition) is 2. The van der Waals surface area contributed by atoms with Gasteiger partial charge in [-0.25, -0.2) is 0 Å². The Morgan fingerprint density at radius 2 is 1.71 bits per heavy atom. The summed E-state index contributed by atoms with van der Waals surface area (Å²) in [4.78, 5) is 2.53. The first-order chi connectivity index (χ1) is 8.02. The molecule has 0 fully saturated rings. The Morgan fingerprint density at radius 1 is 1.18 bits per heavy atom. The molecule has 0 aliphatic carbocycles. The Morgan fingerprint density at radius 3 is 2.06 bits per heavy atom. The van der Waals surface area contributed by atoms with Gasteiger partial charge in [-0.1, -0.05) is 20.8 Å². The smallest absolute Gasteiger partial charge is 0.0611 e. The minimum absolute atomic E-state index is 0.145. The Kier molecular flexibility index (Phi) is 8.83. The maximum Gasteiger partial charge on any atom is 0.0611 e. The zero-order valence-corrected chi connectivity index (χ0v) is 12.4. The van der Waals surface area contributed by atoms with E-state index >= 15 is 0 Å². The SMILES string of the molecule is CCCN(CCC)C(C)CC(C)(CO)NCC. The number of aliphatic hydroxyl groups is 1. The number of nitrogens with zero attached hydrogens (tertiary/aromatic N) is 1. The summed E-state index contributed by atoms with van der Waals surface area (Å²) in [7, 11) is 0. The van der Waals surface area contributed by atoms with Crippen LogP contribution in [0, 0.1) is 0 Å². The summed E-state index contributed by atoms with van der Waals surface area (Å²) in [5.41, 5.74) is -0.145. The highest BCUT2D eigenvalue weighted by atomic mass is 16.3. The summed E-state index contributed by atoms with van der Waals surface area (Å²) in [6.07, 6.45) is 3.39. The summed E-state index contributed by atoms with van der Waals surface area (Å²) in [6, 6.07) is 0.520. The number of rotatable bonds is 10. The van der Waals surface area contributed by atoms with Crippen LogP contribution in [0.3, 0.4) is 0 Å². The molecule has 17 heavy (non-hydrogen) atoms. The van der Waals surface area contributed by atoms with Crippen molar-refractivity contribution in [1.29, 1.82) is 0 Å². The lowest BCUT2D eigenvalue weighted by atomic mass is 9.93. The Balaban J connectivity index is 4.38. The molecular formula is C14H32N2O. The van der Waals surface area contributed by atoms with Crippen molar-refractivity contribution in [2.45, 2.75) is 65.5 Å². The van der Waals surface area contributed by atoms with E-state index in [0.29, 0.717) is 6.04 Å². The fraction of sp³-hybridized carbons (Fsp3) is 1.00. The van der Waals surface area contributed by atoms with Crippen molar-refractivity contribution in [1.82, 2.24) is 10.2 Å². The van der Waals surface area contributed by atoms with Gasteiger partial charge >= 0.3 is 0 Å². The van der Waals surface area contributed by atoms with E-state index in [4.69, 9.17) is 0 Å². The molecule has 0 amide bonds. The zero-order chi connectivity index (χ0) is 13.3. The van der Waals surface area contributed by atoms with Crippen molar-refractivity contribution in [3.05, 3.63) is 0 Å². The third-order valence-corrected chi connectivity index (χ3v) is 3.34. The Bertz CT molecular complexity index is 181. The van der Waals surface area contributed by atoms with Gasteiger partial charge in [-0.15, -0.1) is 0 Å². The molecule has 0 aromatic heterocycles. The van der Waals surface area contributed by atoms with Crippen molar-refractivity contribution in [3.8, 4) is 0 Å². The van der Waals surface area contributed by atoms with Gasteiger partial charge in [0.15, 0.2) is 0 Å². The van der Waals surface area contributed by atoms with Crippen LogP contribution in [0.5, 0.6) is 0 Å². The fourth-order valence-electron chi connectivity index (χ4n) is 2.53. The highest BCUT2D eigenvalue weighted by Gasteiger charge is 2.26. The summed E-state index contributed by atoms with van der Waals surface area (Å²) >= 11 is 0. The fourth-order valence-corrected chi connectivity index (χ4v) is 2.53. The molecule has 0 saturated carbocycles. The van der Waals surface area contributed by atoms with Crippen molar-refractivity contribution < 1.29 is 5.11 Å². The van der Waals surface area contributed by atoms with Crippen LogP contribution in [0.1, 0.15) is 53.9 Å². The molecule has 0 saturated heterocycles. The zero-order valence-electron chi connectivity index (χ0n) is 12.4. The van der Waals surface area contributed by atoms with Crippen molar-refractivity contribution in [3.63, 3.8) is 0 Å². The minimum atomic E-state index is -0.145. The van der Waals surface area contributed by atoms with Crippen LogP contribution < -0.4 is 5.32 Å². The average Bonchev–Trinajstić information content (AvgIpc) is 2.29. The standard InChI is InChI=1S/C14H32N2O/c1-6-9-16(10-7-2)13(4)11-14(5,12-17)15-8-3/h13,15,17H,6-12H2,1-5H3. The molecule has 2 N–H and O–H groups in total. The van der Waals surface area contributed by atoms with Crippen molar-refractivity contribution in [2.24, 2.45) is 0 Å². The van der Waals surface area contributed by atoms with Crippen LogP contribution in [0.15, 0.2) is 0 Å². The van der Waals surface area contributed by atoms with Crippen LogP contribution in [-0.4, -0.2) is 47.8 Å². The largest absolute Gasteiger partial charge is 0.394 e. The van der Waals surface area contributed by atoms with Gasteiger partial charge < -0.3 is 15.3 Å². The summed E-state index contributed by atoms with van der Waals surface area (Å²) < 4.78 is 0. The second kappa shape index (κ2) is 8.90. The second-order valence-electron chi connectivity index (χ2n) is 5.34. The van der Waals surface area contributed by atoms with Crippen LogP contribution in [0.25, 0.3) is 0 Å². The molecule has 0 aliphatic rings. The lowest BCUT2D eigenvalue weighted by Crippen LogP contribution is -2.50. The molecule has 0 bridgehead atoms. The normalized spacial score (nSPS) is 17.1. The molecule has 0 radical (unpaired) electrons. The van der Waals surface area contributed by atoms with Gasteiger partial charge in [0.2, 0.25) is 0 Å². The van der Waals surface area contributed by atoms with Gasteiger partial charge in [0.1, 0.15) is 0 Å². The highest BCUT2D eigenvalue weighted by molar-refractivity contribution is 4.86. The molecule has 0 spiro atoms. The first kappa shape index (κ1) is 16.9. The predicted octanol–water partition coefficient (Wildman–Crippen LogP) is 2.25. The number of aliphatic hydroxyl groups excluding tert-OH is 1. The van der Waals surface area contributed by atoms with Gasteiger partial charge in [-0.2, -0.15) is 0 Å². The highest BCUT2D eigenvalue weighted by Crippen LogP contribution is 2.16. The van der Waals surface area contributed by atoms with E-state index in [1.807, 2.05) is 0 Å². The van der Waals surface area contributed by atoms with Gasteiger partial charge in [-0.05, 0) is 52.7 Å². The maximum atomic E-state index is 9.53. The number of nitrogens with one attached hydrogen (secondary N) is 1. The van der Waals surface area contributed by atoms with Crippen LogP contribution in [-0.2, 0) is 0 Å². The van der Waals surface area contributed by atoms with Crippen LogP contribution in [0.4, 0.5) is 0 Å². The first-order valence-electron chi connectivity index (χ1n) is 7.12. The quantitative estimate of drug-likeness (QED) is 0.619.